The Labute approximate surface area is 209 Å². The highest BCUT2D eigenvalue weighted by atomic mass is 16.7. The Balaban J connectivity index is 1.99. The van der Waals surface area contributed by atoms with Gasteiger partial charge in [-0.2, -0.15) is 0 Å². The van der Waals surface area contributed by atoms with Crippen LogP contribution in [0.2, 0.25) is 0 Å². The van der Waals surface area contributed by atoms with Crippen LogP contribution >= 0.6 is 0 Å². The summed E-state index contributed by atoms with van der Waals surface area (Å²) in [5.41, 5.74) is 0.552. The largest absolute Gasteiger partial charge is 0.481 e. The van der Waals surface area contributed by atoms with Crippen molar-refractivity contribution in [2.45, 2.75) is 110 Å². The number of hydrogen-bond donors (Lipinski definition) is 3. The molecule has 0 saturated carbocycles. The molecule has 0 aromatic carbocycles. The van der Waals surface area contributed by atoms with Crippen LogP contribution < -0.4 is 5.32 Å². The molecule has 1 amide bonds. The summed E-state index contributed by atoms with van der Waals surface area (Å²) in [6, 6.07) is 1.70. The molecule has 1 fully saturated rings. The van der Waals surface area contributed by atoms with Crippen LogP contribution in [0.4, 0.5) is 0 Å². The minimum Gasteiger partial charge on any atom is -0.481 e. The number of aromatic amines is 1. The number of H-pyrrole nitrogens is 1. The third-order valence-electron chi connectivity index (χ3n) is 6.57. The van der Waals surface area contributed by atoms with Crippen molar-refractivity contribution in [2.75, 3.05) is 13.2 Å². The molecule has 1 saturated heterocycles. The highest BCUT2D eigenvalue weighted by Crippen LogP contribution is 2.38. The quantitative estimate of drug-likeness (QED) is 0.229. The summed E-state index contributed by atoms with van der Waals surface area (Å²) >= 11 is 0. The number of nitrogens with one attached hydrogen (secondary N) is 2. The Kier molecular flexibility index (Phi) is 11.0. The number of hydrogen-bond acceptors (Lipinski definition) is 5. The molecule has 0 spiro atoms. The first-order chi connectivity index (χ1) is 16.5. The molecule has 2 rings (SSSR count). The molecule has 0 aliphatic carbocycles. The zero-order valence-electron chi connectivity index (χ0n) is 22.1. The first-order valence-corrected chi connectivity index (χ1v) is 13.0. The Morgan fingerprint density at radius 1 is 1.14 bits per heavy atom. The number of amides is 1. The van der Waals surface area contributed by atoms with E-state index in [1.165, 1.54) is 12.8 Å². The summed E-state index contributed by atoms with van der Waals surface area (Å²) < 4.78 is 11.8. The van der Waals surface area contributed by atoms with Gasteiger partial charge in [0.15, 0.2) is 11.6 Å². The maximum atomic E-state index is 13.6. The number of carbonyl (C=O) groups excluding carboxylic acids is 2. The molecule has 2 atom stereocenters. The third-order valence-corrected chi connectivity index (χ3v) is 6.57. The fraction of sp³-hybridized carbons (Fsp3) is 0.741. The monoisotopic (exact) mass is 492 g/mol. The number of rotatable bonds is 15. The van der Waals surface area contributed by atoms with Gasteiger partial charge in [-0.25, -0.2) is 0 Å². The van der Waals surface area contributed by atoms with Gasteiger partial charge in [0.1, 0.15) is 6.10 Å². The molecular formula is C27H44N2O6. The van der Waals surface area contributed by atoms with Gasteiger partial charge in [-0.05, 0) is 39.2 Å². The summed E-state index contributed by atoms with van der Waals surface area (Å²) in [4.78, 5) is 40.3. The molecule has 35 heavy (non-hydrogen) atoms. The van der Waals surface area contributed by atoms with Crippen molar-refractivity contribution in [3.63, 3.8) is 0 Å². The van der Waals surface area contributed by atoms with Crippen molar-refractivity contribution in [1.29, 1.82) is 0 Å². The molecule has 8 heteroatoms. The van der Waals surface area contributed by atoms with Gasteiger partial charge in [-0.1, -0.05) is 46.5 Å². The van der Waals surface area contributed by atoms with Crippen LogP contribution in [0.5, 0.6) is 0 Å². The van der Waals surface area contributed by atoms with E-state index < -0.39 is 23.3 Å². The number of carboxylic acid groups (broad SMARTS) is 1. The molecule has 1 aromatic rings. The van der Waals surface area contributed by atoms with Gasteiger partial charge in [-0.3, -0.25) is 14.4 Å². The van der Waals surface area contributed by atoms with Crippen LogP contribution in [0.25, 0.3) is 0 Å². The van der Waals surface area contributed by atoms with E-state index in [9.17, 15) is 19.5 Å². The number of ketones is 1. The van der Waals surface area contributed by atoms with Crippen LogP contribution in [0.3, 0.4) is 0 Å². The summed E-state index contributed by atoms with van der Waals surface area (Å²) in [6.45, 7) is 10.5. The Morgan fingerprint density at radius 2 is 1.86 bits per heavy atom. The average molecular weight is 493 g/mol. The van der Waals surface area contributed by atoms with Crippen LogP contribution in [0.1, 0.15) is 114 Å². The van der Waals surface area contributed by atoms with Gasteiger partial charge in [0.05, 0.1) is 13.0 Å². The second-order valence-electron chi connectivity index (χ2n) is 10.8. The summed E-state index contributed by atoms with van der Waals surface area (Å²) in [6.07, 6.45) is 8.04. The van der Waals surface area contributed by atoms with E-state index in [-0.39, 0.29) is 24.0 Å². The van der Waals surface area contributed by atoms with Crippen LogP contribution in [-0.4, -0.2) is 52.8 Å². The number of carbonyl (C=O) groups is 3. The smallest absolute Gasteiger partial charge is 0.304 e. The lowest BCUT2D eigenvalue weighted by Gasteiger charge is -2.45. The number of aliphatic carboxylic acids is 1. The number of aromatic nitrogens is 1. The van der Waals surface area contributed by atoms with Gasteiger partial charge >= 0.3 is 5.97 Å². The molecule has 1 aromatic heterocycles. The lowest BCUT2D eigenvalue weighted by atomic mass is 9.80. The molecule has 2 unspecified atom stereocenters. The zero-order valence-corrected chi connectivity index (χ0v) is 22.1. The van der Waals surface area contributed by atoms with Gasteiger partial charge < -0.3 is 24.9 Å². The Bertz CT molecular complexity index is 844. The van der Waals surface area contributed by atoms with Gasteiger partial charge in [0.2, 0.25) is 5.91 Å². The second kappa shape index (κ2) is 13.2. The van der Waals surface area contributed by atoms with E-state index in [0.29, 0.717) is 43.7 Å². The maximum absolute atomic E-state index is 13.6. The van der Waals surface area contributed by atoms with E-state index in [4.69, 9.17) is 9.47 Å². The molecule has 3 N–H and O–H groups in total. The molecule has 1 aliphatic rings. The molecule has 0 bridgehead atoms. The summed E-state index contributed by atoms with van der Waals surface area (Å²) in [7, 11) is 0. The van der Waals surface area contributed by atoms with Crippen LogP contribution in [0.15, 0.2) is 12.3 Å². The Morgan fingerprint density at radius 3 is 2.54 bits per heavy atom. The van der Waals surface area contributed by atoms with Crippen molar-refractivity contribution < 1.29 is 29.0 Å². The molecule has 1 aliphatic heterocycles. The SMILES string of the molecule is CCCCCCCC(=O)NCCCC(CC(=O)O)c1[nH]ccc1C(=O)C1OC(C)(C)OCC1(C)C. The van der Waals surface area contributed by atoms with Crippen molar-refractivity contribution in [3.8, 4) is 0 Å². The van der Waals surface area contributed by atoms with Crippen molar-refractivity contribution in [1.82, 2.24) is 10.3 Å². The maximum Gasteiger partial charge on any atom is 0.304 e. The first-order valence-electron chi connectivity index (χ1n) is 13.0. The van der Waals surface area contributed by atoms with E-state index in [1.807, 2.05) is 13.8 Å². The van der Waals surface area contributed by atoms with Crippen LogP contribution in [0, 0.1) is 5.41 Å². The van der Waals surface area contributed by atoms with Crippen molar-refractivity contribution >= 4 is 17.7 Å². The highest BCUT2D eigenvalue weighted by Gasteiger charge is 2.46. The minimum absolute atomic E-state index is 0.0357. The van der Waals surface area contributed by atoms with E-state index in [1.54, 1.807) is 26.1 Å². The third kappa shape index (κ3) is 9.08. The zero-order chi connectivity index (χ0) is 26.1. The first kappa shape index (κ1) is 29.0. The fourth-order valence-electron chi connectivity index (χ4n) is 4.51. The van der Waals surface area contributed by atoms with E-state index in [2.05, 4.69) is 17.2 Å². The predicted molar refractivity (Wildman–Crippen MR) is 134 cm³/mol. The highest BCUT2D eigenvalue weighted by molar-refractivity contribution is 6.01. The standard InChI is InChI=1S/C27H44N2O6/c1-6-7-8-9-10-13-21(30)28-15-11-12-19(17-22(31)32)23-20(14-16-29-23)24(33)25-26(2,3)18-34-27(4,5)35-25/h14,16,19,25,29H,6-13,15,17-18H2,1-5H3,(H,28,30)(H,31,32). The number of carboxylic acids is 1. The summed E-state index contributed by atoms with van der Waals surface area (Å²) in [5, 5.41) is 12.4. The van der Waals surface area contributed by atoms with E-state index >= 15 is 0 Å². The van der Waals surface area contributed by atoms with E-state index in [0.717, 1.165) is 19.3 Å². The normalized spacial score (nSPS) is 19.7. The second-order valence-corrected chi connectivity index (χ2v) is 10.8. The predicted octanol–water partition coefficient (Wildman–Crippen LogP) is 5.19. The fourth-order valence-corrected chi connectivity index (χ4v) is 4.51. The summed E-state index contributed by atoms with van der Waals surface area (Å²) in [5.74, 6) is -2.31. The van der Waals surface area contributed by atoms with Crippen molar-refractivity contribution in [2.24, 2.45) is 5.41 Å². The Hall–Kier alpha value is -2.19. The number of ether oxygens (including phenoxy) is 2. The average Bonchev–Trinajstić information content (AvgIpc) is 3.27. The van der Waals surface area contributed by atoms with Gasteiger partial charge in [-0.15, -0.1) is 0 Å². The molecule has 0 radical (unpaired) electrons. The van der Waals surface area contributed by atoms with Gasteiger partial charge in [0.25, 0.3) is 0 Å². The molecular weight excluding hydrogens is 448 g/mol. The molecule has 2 heterocycles. The molecule has 198 valence electrons. The molecule has 8 nitrogen and oxygen atoms in total. The van der Waals surface area contributed by atoms with Crippen molar-refractivity contribution in [3.05, 3.63) is 23.5 Å². The number of unbranched alkanes of at least 4 members (excludes halogenated alkanes) is 4. The van der Waals surface area contributed by atoms with Gasteiger partial charge in [0, 0.05) is 41.8 Å². The topological polar surface area (TPSA) is 118 Å². The number of Topliss-reactive ketones (excluding diaryl/α,β-unsaturated/α-hetero) is 1. The van der Waals surface area contributed by atoms with Crippen LogP contribution in [-0.2, 0) is 19.1 Å². The lowest BCUT2D eigenvalue weighted by molar-refractivity contribution is -0.298. The lowest BCUT2D eigenvalue weighted by Crippen LogP contribution is -2.53. The minimum atomic E-state index is -0.928.